The average Bonchev–Trinajstić information content (AvgIpc) is 3.57. The number of carbonyl (C=O) groups excluding carboxylic acids is 3. The first-order valence-corrected chi connectivity index (χ1v) is 16.4. The van der Waals surface area contributed by atoms with Gasteiger partial charge in [-0.15, -0.1) is 0 Å². The maximum absolute atomic E-state index is 12.7. The zero-order valence-electron chi connectivity index (χ0n) is 27.6. The Labute approximate surface area is 272 Å². The van der Waals surface area contributed by atoms with Crippen LogP contribution in [0, 0.1) is 0 Å². The lowest BCUT2D eigenvalue weighted by Crippen LogP contribution is -2.49. The normalized spacial score (nSPS) is 16.4. The minimum atomic E-state index is -0.357. The molecule has 3 N–H and O–H groups in total. The molecule has 1 fully saturated rings. The number of nitrogens with zero attached hydrogens (tertiary/aromatic N) is 5. The van der Waals surface area contributed by atoms with Gasteiger partial charge in [0, 0.05) is 82.6 Å². The number of benzene rings is 1. The van der Waals surface area contributed by atoms with Crippen LogP contribution in [-0.4, -0.2) is 89.2 Å². The number of carbonyl (C=O) groups is 3. The molecule has 0 unspecified atom stereocenters. The monoisotopic (exact) mass is 631 g/mol. The quantitative estimate of drug-likeness (QED) is 0.126. The Hall–Kier alpha value is -4.38. The van der Waals surface area contributed by atoms with Crippen LogP contribution in [0.25, 0.3) is 12.4 Å². The van der Waals surface area contributed by atoms with Crippen LogP contribution in [0.2, 0.25) is 0 Å². The van der Waals surface area contributed by atoms with Gasteiger partial charge >= 0.3 is 0 Å². The van der Waals surface area contributed by atoms with Crippen molar-refractivity contribution in [2.75, 3.05) is 46.4 Å². The number of imide groups is 1. The van der Waals surface area contributed by atoms with Crippen LogP contribution in [0.4, 0.5) is 0 Å². The Balaban J connectivity index is 1.41. The summed E-state index contributed by atoms with van der Waals surface area (Å²) in [4.78, 5) is 46.3. The second-order valence-electron chi connectivity index (χ2n) is 11.9. The standard InChI is InChI=1S/C35H49N7O4/c1-5-7-8-16-37-35(38-30(36)9-6-2)34-26(3)14-17-41(34)25-28-11-10-27(23-29(28)46-4)24-39-19-21-40(22-20-39)31(43)15-18-42-32(44)12-13-33(42)45/h10-14,17,23,37H,3,5-9,15-16,18-22,24-25H2,1-2,4H3,(H2,36,38)/b35-34+. The highest BCUT2D eigenvalue weighted by atomic mass is 16.5. The van der Waals surface area contributed by atoms with Crippen LogP contribution in [0.3, 0.4) is 0 Å². The van der Waals surface area contributed by atoms with Crippen molar-refractivity contribution in [1.29, 1.82) is 0 Å². The van der Waals surface area contributed by atoms with Crippen LogP contribution in [-0.2, 0) is 27.5 Å². The Morgan fingerprint density at radius 3 is 2.41 bits per heavy atom. The van der Waals surface area contributed by atoms with E-state index in [1.165, 1.54) is 12.2 Å². The average molecular weight is 632 g/mol. The van der Waals surface area contributed by atoms with Crippen LogP contribution in [0.5, 0.6) is 5.75 Å². The van der Waals surface area contributed by atoms with E-state index in [1.54, 1.807) is 7.11 Å². The number of hydrogen-bond acceptors (Lipinski definition) is 7. The number of amides is 3. The van der Waals surface area contributed by atoms with Gasteiger partial charge in [-0.25, -0.2) is 4.99 Å². The van der Waals surface area contributed by atoms with Crippen molar-refractivity contribution in [2.24, 2.45) is 10.7 Å². The minimum Gasteiger partial charge on any atom is -0.496 e. The van der Waals surface area contributed by atoms with E-state index in [1.807, 2.05) is 17.2 Å². The molecule has 4 rings (SSSR count). The first-order chi connectivity index (χ1) is 22.2. The summed E-state index contributed by atoms with van der Waals surface area (Å²) in [5.41, 5.74) is 8.44. The van der Waals surface area contributed by atoms with E-state index in [0.29, 0.717) is 25.5 Å². The molecule has 11 heteroatoms. The van der Waals surface area contributed by atoms with Crippen LogP contribution < -0.4 is 26.4 Å². The van der Waals surface area contributed by atoms with Crippen LogP contribution in [0.15, 0.2) is 47.6 Å². The number of amidine groups is 1. The van der Waals surface area contributed by atoms with Gasteiger partial charge in [0.2, 0.25) is 5.91 Å². The zero-order valence-corrected chi connectivity index (χ0v) is 27.6. The summed E-state index contributed by atoms with van der Waals surface area (Å²) in [5.74, 6) is 1.41. The lowest BCUT2D eigenvalue weighted by atomic mass is 10.1. The van der Waals surface area contributed by atoms with Gasteiger partial charge in [0.1, 0.15) is 11.6 Å². The molecule has 0 saturated carbocycles. The predicted octanol–water partition coefficient (Wildman–Crippen LogP) is 1.92. The van der Waals surface area contributed by atoms with Crippen molar-refractivity contribution in [3.63, 3.8) is 0 Å². The molecular formula is C35H49N7O4. The first kappa shape index (κ1) is 34.5. The molecule has 248 valence electrons. The van der Waals surface area contributed by atoms with E-state index in [0.717, 1.165) is 96.4 Å². The molecule has 1 saturated heterocycles. The molecule has 1 aromatic heterocycles. The lowest BCUT2D eigenvalue weighted by Gasteiger charge is -2.35. The summed E-state index contributed by atoms with van der Waals surface area (Å²) in [5, 5.41) is 5.33. The van der Waals surface area contributed by atoms with Crippen molar-refractivity contribution in [2.45, 2.75) is 65.5 Å². The highest BCUT2D eigenvalue weighted by Crippen LogP contribution is 2.22. The number of unbranched alkanes of at least 4 members (excludes halogenated alkanes) is 2. The van der Waals surface area contributed by atoms with Crippen molar-refractivity contribution >= 4 is 36.0 Å². The van der Waals surface area contributed by atoms with E-state index in [2.05, 4.69) is 53.4 Å². The topological polar surface area (TPSA) is 126 Å². The maximum Gasteiger partial charge on any atom is 0.253 e. The van der Waals surface area contributed by atoms with Gasteiger partial charge in [0.15, 0.2) is 5.82 Å². The van der Waals surface area contributed by atoms with E-state index >= 15 is 0 Å². The van der Waals surface area contributed by atoms with Gasteiger partial charge in [0.25, 0.3) is 11.8 Å². The minimum absolute atomic E-state index is 0.0386. The molecule has 2 aliphatic heterocycles. The summed E-state index contributed by atoms with van der Waals surface area (Å²) in [6, 6.07) is 8.33. The second-order valence-corrected chi connectivity index (χ2v) is 11.9. The highest BCUT2D eigenvalue weighted by molar-refractivity contribution is 6.13. The van der Waals surface area contributed by atoms with Crippen molar-refractivity contribution in [3.05, 3.63) is 64.3 Å². The molecule has 46 heavy (non-hydrogen) atoms. The van der Waals surface area contributed by atoms with E-state index in [-0.39, 0.29) is 30.7 Å². The van der Waals surface area contributed by atoms with Gasteiger partial charge in [-0.2, -0.15) is 0 Å². The Bertz CT molecular complexity index is 1530. The Kier molecular flexibility index (Phi) is 12.6. The van der Waals surface area contributed by atoms with Gasteiger partial charge in [-0.05, 0) is 35.8 Å². The zero-order chi connectivity index (χ0) is 33.1. The number of piperazine rings is 1. The third-order valence-corrected chi connectivity index (χ3v) is 8.38. The molecule has 0 radical (unpaired) electrons. The van der Waals surface area contributed by atoms with E-state index in [4.69, 9.17) is 15.5 Å². The number of nitrogens with one attached hydrogen (secondary N) is 1. The van der Waals surface area contributed by atoms with Crippen LogP contribution in [0.1, 0.15) is 63.5 Å². The third kappa shape index (κ3) is 9.09. The SMILES string of the molecule is C=c1ccn(Cc2ccc(CN3CCN(C(=O)CCN4C(=O)C=CC4=O)CC3)cc2OC)/c1=C(/N=C(/N)CCC)NCCCCC. The largest absolute Gasteiger partial charge is 0.496 e. The van der Waals surface area contributed by atoms with E-state index in [9.17, 15) is 14.4 Å². The summed E-state index contributed by atoms with van der Waals surface area (Å²) >= 11 is 0. The Morgan fingerprint density at radius 1 is 1.00 bits per heavy atom. The molecule has 0 aliphatic carbocycles. The van der Waals surface area contributed by atoms with Gasteiger partial charge < -0.3 is 25.3 Å². The summed E-state index contributed by atoms with van der Waals surface area (Å²) in [7, 11) is 1.69. The Morgan fingerprint density at radius 2 is 1.74 bits per heavy atom. The molecule has 2 aliphatic rings. The molecule has 3 heterocycles. The number of ether oxygens (including phenoxy) is 1. The molecule has 1 aromatic carbocycles. The number of aliphatic imine (C=N–C) groups is 1. The molecule has 11 nitrogen and oxygen atoms in total. The maximum atomic E-state index is 12.7. The number of hydrogen-bond donors (Lipinski definition) is 2. The summed E-state index contributed by atoms with van der Waals surface area (Å²) in [6.45, 7) is 13.5. The molecule has 0 bridgehead atoms. The molecule has 0 spiro atoms. The van der Waals surface area contributed by atoms with Crippen LogP contribution >= 0.6 is 0 Å². The molecule has 0 atom stereocenters. The smallest absolute Gasteiger partial charge is 0.253 e. The molecule has 3 amide bonds. The van der Waals surface area contributed by atoms with Crippen molar-refractivity contribution in [1.82, 2.24) is 24.6 Å². The molecule has 2 aromatic rings. The van der Waals surface area contributed by atoms with E-state index < -0.39 is 0 Å². The number of methoxy groups -OCH3 is 1. The number of nitrogens with two attached hydrogens (primary N) is 1. The number of rotatable bonds is 16. The fraction of sp³-hybridized carbons (Fsp3) is 0.486. The van der Waals surface area contributed by atoms with Gasteiger partial charge in [-0.1, -0.05) is 45.4 Å². The van der Waals surface area contributed by atoms with Crippen molar-refractivity contribution in [3.8, 4) is 5.75 Å². The second kappa shape index (κ2) is 16.8. The predicted molar refractivity (Wildman–Crippen MR) is 181 cm³/mol. The summed E-state index contributed by atoms with van der Waals surface area (Å²) in [6.07, 6.45) is 9.66. The highest BCUT2D eigenvalue weighted by Gasteiger charge is 2.26. The fourth-order valence-corrected chi connectivity index (χ4v) is 5.78. The summed E-state index contributed by atoms with van der Waals surface area (Å²) < 4.78 is 7.99. The van der Waals surface area contributed by atoms with Crippen molar-refractivity contribution < 1.29 is 19.1 Å². The lowest BCUT2D eigenvalue weighted by molar-refractivity contribution is -0.138. The third-order valence-electron chi connectivity index (χ3n) is 8.38. The molecular weight excluding hydrogens is 582 g/mol. The number of aromatic nitrogens is 1. The fourth-order valence-electron chi connectivity index (χ4n) is 5.78. The van der Waals surface area contributed by atoms with Gasteiger partial charge in [0.05, 0.1) is 19.0 Å². The van der Waals surface area contributed by atoms with Gasteiger partial charge in [-0.3, -0.25) is 24.2 Å². The first-order valence-electron chi connectivity index (χ1n) is 16.4.